The second-order valence-electron chi connectivity index (χ2n) is 11.6. The Balaban J connectivity index is 0.000000124. The molecule has 0 radical (unpaired) electrons. The number of fused-ring (bicyclic) bond motifs is 9. The monoisotopic (exact) mass is 823 g/mol. The van der Waals surface area contributed by atoms with E-state index in [1.54, 1.807) is 12.4 Å². The van der Waals surface area contributed by atoms with E-state index in [1.807, 2.05) is 62.8 Å². The summed E-state index contributed by atoms with van der Waals surface area (Å²) < 4.78 is 50.4. The number of rotatable bonds is 0. The van der Waals surface area contributed by atoms with Crippen molar-refractivity contribution in [3.63, 3.8) is 0 Å². The molecule has 0 unspecified atom stereocenters. The van der Waals surface area contributed by atoms with E-state index >= 15 is 0 Å². The highest BCUT2D eigenvalue weighted by atomic mass is 79.9. The third-order valence-electron chi connectivity index (χ3n) is 8.46. The summed E-state index contributed by atoms with van der Waals surface area (Å²) in [6.45, 7) is -2.28. The quantitative estimate of drug-likeness (QED) is 0.166. The van der Waals surface area contributed by atoms with Gasteiger partial charge >= 0.3 is 0 Å². The average molecular weight is 826 g/mol. The predicted octanol–water partition coefficient (Wildman–Crippen LogP) is 8.39. The van der Waals surface area contributed by atoms with Crippen LogP contribution in [0.4, 0.5) is 17.1 Å². The van der Waals surface area contributed by atoms with E-state index in [4.69, 9.17) is 8.22 Å². The van der Waals surface area contributed by atoms with Gasteiger partial charge in [-0.1, -0.05) is 36.4 Å². The van der Waals surface area contributed by atoms with Crippen LogP contribution >= 0.6 is 47.8 Å². The zero-order chi connectivity index (χ0) is 38.0. The lowest BCUT2D eigenvalue weighted by molar-refractivity contribution is 0.770. The van der Waals surface area contributed by atoms with Gasteiger partial charge in [0.25, 0.3) is 0 Å². The zero-order valence-corrected chi connectivity index (χ0v) is 30.5. The molecule has 9 rings (SSSR count). The molecule has 3 aromatic carbocycles. The first-order valence-electron chi connectivity index (χ1n) is 17.7. The third-order valence-corrected chi connectivity index (χ3v) is 10.4. The smallest absolute Gasteiger partial charge is 0.0994 e. The number of nitrogens with zero attached hydrogens (tertiary/aromatic N) is 8. The molecule has 47 heavy (non-hydrogen) atoms. The van der Waals surface area contributed by atoms with Crippen molar-refractivity contribution >= 4 is 64.9 Å². The van der Waals surface area contributed by atoms with Gasteiger partial charge in [0.1, 0.15) is 0 Å². The first-order valence-corrected chi connectivity index (χ1v) is 17.1. The Hall–Kier alpha value is -3.87. The van der Waals surface area contributed by atoms with Crippen LogP contribution in [-0.2, 0) is 33.6 Å². The summed E-state index contributed by atoms with van der Waals surface area (Å²) >= 11 is 10.6. The molecule has 0 atom stereocenters. The Morgan fingerprint density at radius 2 is 1.26 bits per heavy atom. The van der Waals surface area contributed by atoms with Gasteiger partial charge in [-0.3, -0.25) is 14.5 Å². The summed E-state index contributed by atoms with van der Waals surface area (Å²) in [6.07, 6.45) is 5.15. The topological polar surface area (TPSA) is 74.0 Å². The fraction of sp³-hybridized carbons (Fsp3) is 0.229. The van der Waals surface area contributed by atoms with E-state index in [0.717, 1.165) is 74.3 Å². The molecule has 9 nitrogen and oxygen atoms in total. The normalized spacial score (nSPS) is 16.0. The average Bonchev–Trinajstić information content (AvgIpc) is 3.84. The van der Waals surface area contributed by atoms with Crippen molar-refractivity contribution in [1.82, 2.24) is 29.8 Å². The molecule has 0 fully saturated rings. The molecular formula is C35H34Br3N9. The fourth-order valence-corrected chi connectivity index (χ4v) is 8.51. The minimum atomic E-state index is -2.26. The Kier molecular flexibility index (Phi) is 6.77. The fourth-order valence-electron chi connectivity index (χ4n) is 6.50. The lowest BCUT2D eigenvalue weighted by Crippen LogP contribution is -2.22. The molecule has 0 saturated heterocycles. The highest BCUT2D eigenvalue weighted by molar-refractivity contribution is 9.11. The van der Waals surface area contributed by atoms with Crippen molar-refractivity contribution in [3.05, 3.63) is 103 Å². The number of aromatic nitrogens is 6. The first-order chi connectivity index (χ1) is 25.0. The highest BCUT2D eigenvalue weighted by Crippen LogP contribution is 2.44. The minimum Gasteiger partial charge on any atom is -0.369 e. The van der Waals surface area contributed by atoms with E-state index in [0.29, 0.717) is 18.8 Å². The molecular weight excluding hydrogens is 786 g/mol. The number of H-pyrrole nitrogens is 1. The second-order valence-corrected chi connectivity index (χ2v) is 14.2. The molecule has 6 heterocycles. The van der Waals surface area contributed by atoms with Crippen molar-refractivity contribution in [2.24, 2.45) is 14.0 Å². The number of hydrogen-bond donors (Lipinski definition) is 1. The molecule has 12 heteroatoms. The Labute approximate surface area is 308 Å². The van der Waals surface area contributed by atoms with Gasteiger partial charge in [0.05, 0.1) is 46.5 Å². The SMILES string of the molecule is CN1Cc2cn[nH]c2-c2cccc(Br)c21.[2H]C([2H])([2H])n1cc2c(n1)-c1cccc(Br)c1N(C)C2.[2H]C([2H])([2H])n1ncc2c1-c1cccc(Br)c1N(C)C2. The summed E-state index contributed by atoms with van der Waals surface area (Å²) in [6, 6.07) is 17.9. The van der Waals surface area contributed by atoms with E-state index in [9.17, 15) is 0 Å². The molecule has 3 aliphatic heterocycles. The van der Waals surface area contributed by atoms with Gasteiger partial charge in [0.2, 0.25) is 0 Å². The number of benzene rings is 3. The molecule has 240 valence electrons. The highest BCUT2D eigenvalue weighted by Gasteiger charge is 2.26. The maximum absolute atomic E-state index is 7.58. The van der Waals surface area contributed by atoms with Crippen molar-refractivity contribution < 1.29 is 8.22 Å². The van der Waals surface area contributed by atoms with Crippen LogP contribution in [0.25, 0.3) is 33.8 Å². The van der Waals surface area contributed by atoms with Crippen molar-refractivity contribution in [1.29, 1.82) is 0 Å². The van der Waals surface area contributed by atoms with Crippen molar-refractivity contribution in [2.75, 3.05) is 35.8 Å². The van der Waals surface area contributed by atoms with Crippen LogP contribution in [0.1, 0.15) is 24.9 Å². The summed E-state index contributed by atoms with van der Waals surface area (Å²) in [5.74, 6) is 0. The third kappa shape index (κ3) is 5.70. The van der Waals surface area contributed by atoms with Crippen molar-refractivity contribution in [3.8, 4) is 33.8 Å². The van der Waals surface area contributed by atoms with Gasteiger partial charge in [-0.05, 0) is 66.0 Å². The first kappa shape index (κ1) is 25.2. The molecule has 3 aliphatic rings. The summed E-state index contributed by atoms with van der Waals surface area (Å²) in [5.41, 5.74) is 12.1. The number of anilines is 3. The van der Waals surface area contributed by atoms with Crippen LogP contribution in [0, 0.1) is 0 Å². The van der Waals surface area contributed by atoms with Crippen LogP contribution in [0.5, 0.6) is 0 Å². The predicted molar refractivity (Wildman–Crippen MR) is 201 cm³/mol. The number of halogens is 3. The van der Waals surface area contributed by atoms with Crippen LogP contribution in [0.15, 0.2) is 86.6 Å². The lowest BCUT2D eigenvalue weighted by Gasteiger charge is -2.28. The molecule has 1 N–H and O–H groups in total. The van der Waals surface area contributed by atoms with E-state index in [-0.39, 0.29) is 0 Å². The lowest BCUT2D eigenvalue weighted by atomic mass is 10.0. The number of aromatic amines is 1. The molecule has 0 spiro atoms. The summed E-state index contributed by atoms with van der Waals surface area (Å²) in [4.78, 5) is 6.41. The second kappa shape index (κ2) is 12.6. The maximum Gasteiger partial charge on any atom is 0.0994 e. The van der Waals surface area contributed by atoms with Crippen LogP contribution in [-0.4, -0.2) is 50.9 Å². The van der Waals surface area contributed by atoms with Crippen molar-refractivity contribution in [2.45, 2.75) is 19.6 Å². The van der Waals surface area contributed by atoms with E-state index < -0.39 is 14.0 Å². The number of hydrogen-bond acceptors (Lipinski definition) is 6. The molecule has 0 amide bonds. The molecule has 6 aromatic rings. The summed E-state index contributed by atoms with van der Waals surface area (Å²) in [7, 11) is 6.07. The largest absolute Gasteiger partial charge is 0.369 e. The van der Waals surface area contributed by atoms with Crippen LogP contribution in [0.2, 0.25) is 0 Å². The summed E-state index contributed by atoms with van der Waals surface area (Å²) in [5, 5.41) is 15.5. The van der Waals surface area contributed by atoms with Gasteiger partial charge in [-0.2, -0.15) is 15.3 Å². The maximum atomic E-state index is 7.58. The molecule has 3 aromatic heterocycles. The Bertz CT molecular complexity index is 2320. The van der Waals surface area contributed by atoms with Gasteiger partial charge in [0, 0.05) is 116 Å². The number of aryl methyl sites for hydroxylation is 2. The van der Waals surface area contributed by atoms with Gasteiger partial charge in [-0.25, -0.2) is 0 Å². The molecule has 0 saturated carbocycles. The van der Waals surface area contributed by atoms with Crippen LogP contribution in [0.3, 0.4) is 0 Å². The number of para-hydroxylation sites is 3. The Morgan fingerprint density at radius 3 is 1.91 bits per heavy atom. The van der Waals surface area contributed by atoms with Gasteiger partial charge < -0.3 is 14.7 Å². The molecule has 0 bridgehead atoms. The zero-order valence-electron chi connectivity index (χ0n) is 31.8. The molecule has 0 aliphatic carbocycles. The standard InChI is InChI=1S/2C12H12BrN3.C11H10BrN3/c1-15-6-8-7-16(2)14-11(8)9-4-3-5-10(13)12(9)15;1-15-7-8-6-14-16(2)11(8)9-4-3-5-10(13)12(9)15;1-15-6-7-5-13-14-10(7)8-3-2-4-9(12)11(8)15/h3-5,7H,6H2,1-2H3;3-6H,7H2,1-2H3;2-5H,6H2,1H3,(H,13,14)/i2*2D3;. The van der Waals surface area contributed by atoms with E-state index in [2.05, 4.69) is 102 Å². The van der Waals surface area contributed by atoms with Gasteiger partial charge in [-0.15, -0.1) is 0 Å². The Morgan fingerprint density at radius 1 is 0.681 bits per heavy atom. The van der Waals surface area contributed by atoms with E-state index in [1.165, 1.54) is 16.8 Å². The van der Waals surface area contributed by atoms with Gasteiger partial charge in [0.15, 0.2) is 0 Å². The van der Waals surface area contributed by atoms with Crippen LogP contribution < -0.4 is 14.7 Å². The minimum absolute atomic E-state index is 0.654. The number of nitrogens with one attached hydrogen (secondary N) is 1.